The van der Waals surface area contributed by atoms with E-state index in [4.69, 9.17) is 5.73 Å². The number of nitrogens with zero attached hydrogens (tertiary/aromatic N) is 2. The van der Waals surface area contributed by atoms with Crippen LogP contribution in [0.15, 0.2) is 24.3 Å². The van der Waals surface area contributed by atoms with E-state index in [1.807, 2.05) is 49.7 Å². The molecule has 2 aromatic rings. The van der Waals surface area contributed by atoms with Crippen LogP contribution < -0.4 is 11.1 Å². The number of fused-ring (bicyclic) bond motifs is 1. The van der Waals surface area contributed by atoms with E-state index in [1.54, 1.807) is 0 Å². The smallest absolute Gasteiger partial charge is 0.224 e. The molecule has 0 saturated carbocycles. The van der Waals surface area contributed by atoms with E-state index in [9.17, 15) is 4.79 Å². The maximum atomic E-state index is 11.9. The van der Waals surface area contributed by atoms with Crippen LogP contribution in [0.5, 0.6) is 0 Å². The lowest BCUT2D eigenvalue weighted by Crippen LogP contribution is -2.38. The van der Waals surface area contributed by atoms with Crippen LogP contribution in [-0.2, 0) is 18.4 Å². The first-order chi connectivity index (χ1) is 9.00. The minimum absolute atomic E-state index is 0. The first kappa shape index (κ1) is 19.7. The standard InChI is InChI=1S/C14H20N4O.2ClH/c1-9(10(2)15)14(19)16-8-13-17-11-6-4-5-7-12(11)18(13)3;;/h4-7,9-10H,8,15H2,1-3H3,(H,16,19);2*1H. The maximum Gasteiger partial charge on any atom is 0.224 e. The van der Waals surface area contributed by atoms with Crippen LogP contribution in [-0.4, -0.2) is 21.5 Å². The molecule has 0 radical (unpaired) electrons. The molecule has 0 bridgehead atoms. The number of nitrogens with two attached hydrogens (primary N) is 1. The fraction of sp³-hybridized carbons (Fsp3) is 0.429. The maximum absolute atomic E-state index is 11.9. The zero-order valence-electron chi connectivity index (χ0n) is 12.4. The van der Waals surface area contributed by atoms with Gasteiger partial charge in [-0.2, -0.15) is 0 Å². The Balaban J connectivity index is 0.00000200. The van der Waals surface area contributed by atoms with Gasteiger partial charge in [0.15, 0.2) is 0 Å². The predicted octanol–water partition coefficient (Wildman–Crippen LogP) is 2.02. The molecule has 1 amide bonds. The predicted molar refractivity (Wildman–Crippen MR) is 89.9 cm³/mol. The van der Waals surface area contributed by atoms with Crippen LogP contribution in [0.25, 0.3) is 11.0 Å². The van der Waals surface area contributed by atoms with Gasteiger partial charge in [0, 0.05) is 19.0 Å². The van der Waals surface area contributed by atoms with Crippen LogP contribution in [0.3, 0.4) is 0 Å². The van der Waals surface area contributed by atoms with Crippen molar-refractivity contribution in [2.45, 2.75) is 26.4 Å². The lowest BCUT2D eigenvalue weighted by atomic mass is 10.0. The molecule has 7 heteroatoms. The summed E-state index contributed by atoms with van der Waals surface area (Å²) < 4.78 is 1.99. The monoisotopic (exact) mass is 332 g/mol. The highest BCUT2D eigenvalue weighted by Crippen LogP contribution is 2.14. The zero-order chi connectivity index (χ0) is 14.0. The van der Waals surface area contributed by atoms with Gasteiger partial charge >= 0.3 is 0 Å². The molecular weight excluding hydrogens is 311 g/mol. The Morgan fingerprint density at radius 3 is 2.52 bits per heavy atom. The van der Waals surface area contributed by atoms with Crippen molar-refractivity contribution in [2.24, 2.45) is 18.7 Å². The number of carbonyl (C=O) groups excluding carboxylic acids is 1. The van der Waals surface area contributed by atoms with Crippen LogP contribution in [0.1, 0.15) is 19.7 Å². The van der Waals surface area contributed by atoms with Crippen molar-refractivity contribution in [1.82, 2.24) is 14.9 Å². The summed E-state index contributed by atoms with van der Waals surface area (Å²) in [6.07, 6.45) is 0. The normalized spacial score (nSPS) is 13.0. The summed E-state index contributed by atoms with van der Waals surface area (Å²) in [5, 5.41) is 2.88. The van der Waals surface area contributed by atoms with Crippen LogP contribution in [0.2, 0.25) is 0 Å². The minimum Gasteiger partial charge on any atom is -0.349 e. The molecule has 1 heterocycles. The number of para-hydroxylation sites is 2. The highest BCUT2D eigenvalue weighted by molar-refractivity contribution is 5.85. The van der Waals surface area contributed by atoms with Gasteiger partial charge < -0.3 is 15.6 Å². The number of imidazole rings is 1. The number of aromatic nitrogens is 2. The molecule has 1 aromatic heterocycles. The molecule has 3 N–H and O–H groups in total. The molecule has 21 heavy (non-hydrogen) atoms. The van der Waals surface area contributed by atoms with Gasteiger partial charge in [-0.25, -0.2) is 4.98 Å². The van der Waals surface area contributed by atoms with Crippen LogP contribution in [0.4, 0.5) is 0 Å². The molecule has 0 aliphatic carbocycles. The van der Waals surface area contributed by atoms with Gasteiger partial charge in [0.05, 0.1) is 17.6 Å². The van der Waals surface area contributed by atoms with Crippen LogP contribution in [0, 0.1) is 5.92 Å². The van der Waals surface area contributed by atoms with E-state index < -0.39 is 0 Å². The lowest BCUT2D eigenvalue weighted by molar-refractivity contribution is -0.125. The lowest BCUT2D eigenvalue weighted by Gasteiger charge is -2.15. The molecule has 0 aliphatic rings. The Morgan fingerprint density at radius 2 is 1.95 bits per heavy atom. The van der Waals surface area contributed by atoms with Crippen LogP contribution >= 0.6 is 24.8 Å². The molecule has 118 valence electrons. The number of amides is 1. The SMILES string of the molecule is CC(N)C(C)C(=O)NCc1nc2ccccc2n1C.Cl.Cl. The summed E-state index contributed by atoms with van der Waals surface area (Å²) in [5.41, 5.74) is 7.72. The average molecular weight is 333 g/mol. The Morgan fingerprint density at radius 1 is 1.33 bits per heavy atom. The fourth-order valence-electron chi connectivity index (χ4n) is 1.92. The number of nitrogens with one attached hydrogen (secondary N) is 1. The highest BCUT2D eigenvalue weighted by atomic mass is 35.5. The van der Waals surface area contributed by atoms with Crippen molar-refractivity contribution in [3.8, 4) is 0 Å². The largest absolute Gasteiger partial charge is 0.349 e. The Bertz CT molecular complexity index is 598. The van der Waals surface area contributed by atoms with Gasteiger partial charge in [-0.1, -0.05) is 19.1 Å². The van der Waals surface area contributed by atoms with Gasteiger partial charge in [-0.3, -0.25) is 4.79 Å². The average Bonchev–Trinajstić information content (AvgIpc) is 2.72. The minimum atomic E-state index is -0.199. The molecule has 2 atom stereocenters. The van der Waals surface area contributed by atoms with Crippen molar-refractivity contribution in [3.05, 3.63) is 30.1 Å². The second kappa shape index (κ2) is 8.22. The number of hydrogen-bond donors (Lipinski definition) is 2. The van der Waals surface area contributed by atoms with Crippen molar-refractivity contribution in [1.29, 1.82) is 0 Å². The van der Waals surface area contributed by atoms with E-state index in [-0.39, 0.29) is 42.7 Å². The third-order valence-electron chi connectivity index (χ3n) is 3.50. The molecule has 2 unspecified atom stereocenters. The molecule has 5 nitrogen and oxygen atoms in total. The quantitative estimate of drug-likeness (QED) is 0.899. The first-order valence-corrected chi connectivity index (χ1v) is 6.44. The van der Waals surface area contributed by atoms with Gasteiger partial charge in [0.1, 0.15) is 5.82 Å². The molecule has 0 saturated heterocycles. The van der Waals surface area contributed by atoms with E-state index >= 15 is 0 Å². The highest BCUT2D eigenvalue weighted by Gasteiger charge is 2.17. The van der Waals surface area contributed by atoms with Gasteiger partial charge in [0.2, 0.25) is 5.91 Å². The third kappa shape index (κ3) is 4.33. The summed E-state index contributed by atoms with van der Waals surface area (Å²) in [4.78, 5) is 16.4. The van der Waals surface area contributed by atoms with Crippen molar-refractivity contribution in [2.75, 3.05) is 0 Å². The van der Waals surface area contributed by atoms with E-state index in [0.717, 1.165) is 16.9 Å². The molecule has 0 fully saturated rings. The Labute approximate surface area is 137 Å². The van der Waals surface area contributed by atoms with Crippen molar-refractivity contribution in [3.63, 3.8) is 0 Å². The first-order valence-electron chi connectivity index (χ1n) is 6.44. The molecule has 0 aliphatic heterocycles. The third-order valence-corrected chi connectivity index (χ3v) is 3.50. The van der Waals surface area contributed by atoms with Crippen molar-refractivity contribution >= 4 is 41.8 Å². The van der Waals surface area contributed by atoms with E-state index in [2.05, 4.69) is 10.3 Å². The molecule has 2 rings (SSSR count). The van der Waals surface area contributed by atoms with E-state index in [1.165, 1.54) is 0 Å². The Kier molecular flexibility index (Phi) is 7.71. The Hall–Kier alpha value is -1.30. The fourth-order valence-corrected chi connectivity index (χ4v) is 1.92. The number of carbonyl (C=O) groups is 1. The molecule has 0 spiro atoms. The van der Waals surface area contributed by atoms with Crippen molar-refractivity contribution < 1.29 is 4.79 Å². The summed E-state index contributed by atoms with van der Waals surface area (Å²) >= 11 is 0. The number of halogens is 2. The number of rotatable bonds is 4. The summed E-state index contributed by atoms with van der Waals surface area (Å²) in [6.45, 7) is 4.08. The molecular formula is C14H22Cl2N4O. The van der Waals surface area contributed by atoms with Gasteiger partial charge in [0.25, 0.3) is 0 Å². The van der Waals surface area contributed by atoms with Gasteiger partial charge in [-0.05, 0) is 19.1 Å². The molecule has 1 aromatic carbocycles. The topological polar surface area (TPSA) is 72.9 Å². The van der Waals surface area contributed by atoms with E-state index in [0.29, 0.717) is 6.54 Å². The van der Waals surface area contributed by atoms with Gasteiger partial charge in [-0.15, -0.1) is 24.8 Å². The second-order valence-electron chi connectivity index (χ2n) is 4.94. The number of hydrogen-bond acceptors (Lipinski definition) is 3. The summed E-state index contributed by atoms with van der Waals surface area (Å²) in [7, 11) is 1.95. The second-order valence-corrected chi connectivity index (χ2v) is 4.94. The summed E-state index contributed by atoms with van der Waals surface area (Å²) in [5.74, 6) is 0.600. The number of benzene rings is 1. The number of aryl methyl sites for hydroxylation is 1. The summed E-state index contributed by atoms with van der Waals surface area (Å²) in [6, 6.07) is 7.75. The zero-order valence-corrected chi connectivity index (χ0v) is 14.0.